The third kappa shape index (κ3) is 6.62. The highest BCUT2D eigenvalue weighted by Crippen LogP contribution is 2.14. The molecular formula is C28H22N10S2. The van der Waals surface area contributed by atoms with Gasteiger partial charge in [0.15, 0.2) is 0 Å². The summed E-state index contributed by atoms with van der Waals surface area (Å²) in [5.41, 5.74) is 3.40. The molecule has 0 bridgehead atoms. The first-order valence-corrected chi connectivity index (χ1v) is 12.9. The van der Waals surface area contributed by atoms with Crippen molar-refractivity contribution in [1.82, 2.24) is 39.7 Å². The zero-order valence-electron chi connectivity index (χ0n) is 20.9. The smallest absolute Gasteiger partial charge is 0.216 e. The maximum Gasteiger partial charge on any atom is 0.216 e. The van der Waals surface area contributed by atoms with Crippen molar-refractivity contribution in [2.45, 2.75) is 0 Å². The highest BCUT2D eigenvalue weighted by atomic mass is 32.1. The fourth-order valence-corrected chi connectivity index (χ4v) is 3.80. The van der Waals surface area contributed by atoms with Crippen LogP contribution in [-0.2, 0) is 0 Å². The van der Waals surface area contributed by atoms with Crippen LogP contribution in [0.4, 0.5) is 0 Å². The van der Waals surface area contributed by atoms with Gasteiger partial charge in [-0.25, -0.2) is 10.2 Å². The van der Waals surface area contributed by atoms with Gasteiger partial charge in [-0.05, 0) is 59.8 Å². The Morgan fingerprint density at radius 2 is 0.950 bits per heavy atom. The Morgan fingerprint density at radius 1 is 0.550 bits per heavy atom. The molecule has 2 aromatic carbocycles. The monoisotopic (exact) mass is 562 g/mol. The zero-order valence-corrected chi connectivity index (χ0v) is 22.6. The standard InChI is InChI=1S/2C14H11N5S/c2*20-14-18-17-13(12-8-4-5-9-15-12)19(14)16-10-11-6-2-1-3-7-11/h2*1-10H,(H,18,20). The molecule has 4 aromatic heterocycles. The molecule has 0 atom stereocenters. The summed E-state index contributed by atoms with van der Waals surface area (Å²) in [6.07, 6.45) is 6.88. The molecule has 0 radical (unpaired) electrons. The Labute approximate surface area is 239 Å². The summed E-state index contributed by atoms with van der Waals surface area (Å²) < 4.78 is 3.98. The molecule has 2 N–H and O–H groups in total. The van der Waals surface area contributed by atoms with Crippen molar-refractivity contribution in [2.24, 2.45) is 10.2 Å². The first kappa shape index (κ1) is 26.4. The van der Waals surface area contributed by atoms with Gasteiger partial charge in [0.2, 0.25) is 21.2 Å². The van der Waals surface area contributed by atoms with Crippen molar-refractivity contribution in [3.63, 3.8) is 0 Å². The zero-order chi connectivity index (χ0) is 27.6. The van der Waals surface area contributed by atoms with E-state index < -0.39 is 0 Å². The normalized spacial score (nSPS) is 11.0. The molecule has 12 heteroatoms. The van der Waals surface area contributed by atoms with Crippen LogP contribution in [0.3, 0.4) is 0 Å². The SMILES string of the molecule is S=c1[nH]nc(-c2ccccn2)n1N=Cc1ccccc1.S=c1[nH]nc(-c2ccccn2)n1N=Cc1ccccc1. The maximum atomic E-state index is 5.19. The van der Waals surface area contributed by atoms with E-state index in [2.05, 4.69) is 40.6 Å². The molecule has 6 rings (SSSR count). The topological polar surface area (TPSA) is 118 Å². The highest BCUT2D eigenvalue weighted by Gasteiger charge is 2.09. The van der Waals surface area contributed by atoms with E-state index in [-0.39, 0.29) is 0 Å². The quantitative estimate of drug-likeness (QED) is 0.197. The number of aromatic amines is 2. The number of H-pyrrole nitrogens is 2. The number of nitrogens with zero attached hydrogens (tertiary/aromatic N) is 8. The number of aromatic nitrogens is 8. The summed E-state index contributed by atoms with van der Waals surface area (Å²) in [7, 11) is 0. The summed E-state index contributed by atoms with van der Waals surface area (Å²) in [6.45, 7) is 0. The van der Waals surface area contributed by atoms with E-state index in [1.807, 2.05) is 97.1 Å². The van der Waals surface area contributed by atoms with E-state index in [1.54, 1.807) is 34.2 Å². The lowest BCUT2D eigenvalue weighted by atomic mass is 10.2. The summed E-state index contributed by atoms with van der Waals surface area (Å²) in [4.78, 5) is 8.51. The van der Waals surface area contributed by atoms with Gasteiger partial charge in [0.1, 0.15) is 11.4 Å². The molecule has 0 amide bonds. The first-order valence-electron chi connectivity index (χ1n) is 12.1. The van der Waals surface area contributed by atoms with E-state index in [9.17, 15) is 0 Å². The van der Waals surface area contributed by atoms with Gasteiger partial charge in [-0.15, -0.1) is 0 Å². The molecular weight excluding hydrogens is 541 g/mol. The Hall–Kier alpha value is -5.20. The summed E-state index contributed by atoms with van der Waals surface area (Å²) in [5.74, 6) is 1.17. The Bertz CT molecular complexity index is 1690. The first-order chi connectivity index (χ1) is 19.7. The van der Waals surface area contributed by atoms with Crippen LogP contribution in [0.2, 0.25) is 0 Å². The summed E-state index contributed by atoms with van der Waals surface area (Å²) >= 11 is 10.4. The summed E-state index contributed by atoms with van der Waals surface area (Å²) in [6, 6.07) is 30.8. The van der Waals surface area contributed by atoms with E-state index in [0.717, 1.165) is 11.1 Å². The molecule has 196 valence electrons. The molecule has 0 saturated carbocycles. The predicted molar refractivity (Wildman–Crippen MR) is 160 cm³/mol. The third-order valence-corrected chi connectivity index (χ3v) is 5.86. The van der Waals surface area contributed by atoms with E-state index >= 15 is 0 Å². The Balaban J connectivity index is 0.000000161. The molecule has 40 heavy (non-hydrogen) atoms. The number of hydrogen-bond acceptors (Lipinski definition) is 8. The van der Waals surface area contributed by atoms with Crippen molar-refractivity contribution in [3.8, 4) is 23.0 Å². The Kier molecular flexibility index (Phi) is 8.61. The summed E-state index contributed by atoms with van der Waals surface area (Å²) in [5, 5.41) is 22.5. The number of nitrogens with one attached hydrogen (secondary N) is 2. The van der Waals surface area contributed by atoms with Gasteiger partial charge < -0.3 is 0 Å². The van der Waals surface area contributed by atoms with Crippen LogP contribution in [-0.4, -0.2) is 52.1 Å². The molecule has 0 aliphatic rings. The van der Waals surface area contributed by atoms with Gasteiger partial charge in [0.05, 0.1) is 12.4 Å². The second-order valence-corrected chi connectivity index (χ2v) is 8.84. The van der Waals surface area contributed by atoms with Crippen LogP contribution in [0.15, 0.2) is 120 Å². The van der Waals surface area contributed by atoms with E-state index in [4.69, 9.17) is 24.4 Å². The van der Waals surface area contributed by atoms with Crippen LogP contribution >= 0.6 is 24.4 Å². The van der Waals surface area contributed by atoms with Crippen LogP contribution < -0.4 is 0 Å². The van der Waals surface area contributed by atoms with Crippen LogP contribution in [0.1, 0.15) is 11.1 Å². The lowest BCUT2D eigenvalue weighted by Gasteiger charge is -1.99. The average molecular weight is 563 g/mol. The van der Waals surface area contributed by atoms with Gasteiger partial charge >= 0.3 is 0 Å². The lowest BCUT2D eigenvalue weighted by molar-refractivity contribution is 0.867. The minimum atomic E-state index is 0.429. The van der Waals surface area contributed by atoms with Gasteiger partial charge in [-0.3, -0.25) is 9.97 Å². The number of benzene rings is 2. The average Bonchev–Trinajstić information content (AvgIpc) is 3.58. The number of pyridine rings is 2. The highest BCUT2D eigenvalue weighted by molar-refractivity contribution is 7.71. The van der Waals surface area contributed by atoms with Crippen molar-refractivity contribution >= 4 is 36.9 Å². The van der Waals surface area contributed by atoms with Gasteiger partial charge in [0, 0.05) is 12.4 Å². The molecule has 6 aromatic rings. The molecule has 0 fully saturated rings. The van der Waals surface area contributed by atoms with Crippen LogP contribution in [0, 0.1) is 9.54 Å². The van der Waals surface area contributed by atoms with Crippen molar-refractivity contribution in [3.05, 3.63) is 130 Å². The molecule has 10 nitrogen and oxygen atoms in total. The fraction of sp³-hybridized carbons (Fsp3) is 0. The lowest BCUT2D eigenvalue weighted by Crippen LogP contribution is -1.96. The largest absolute Gasteiger partial charge is 0.253 e. The number of hydrogen-bond donors (Lipinski definition) is 2. The molecule has 4 heterocycles. The van der Waals surface area contributed by atoms with Gasteiger partial charge in [-0.2, -0.15) is 29.8 Å². The minimum Gasteiger partial charge on any atom is -0.253 e. The third-order valence-electron chi connectivity index (χ3n) is 5.33. The molecule has 0 aliphatic carbocycles. The van der Waals surface area contributed by atoms with E-state index in [0.29, 0.717) is 32.6 Å². The Morgan fingerprint density at radius 3 is 1.32 bits per heavy atom. The molecule has 0 unspecified atom stereocenters. The van der Waals surface area contributed by atoms with Crippen molar-refractivity contribution < 1.29 is 0 Å². The fourth-order valence-electron chi connectivity index (χ4n) is 3.45. The van der Waals surface area contributed by atoms with Crippen molar-refractivity contribution in [1.29, 1.82) is 0 Å². The minimum absolute atomic E-state index is 0.429. The maximum absolute atomic E-state index is 5.19. The second-order valence-electron chi connectivity index (χ2n) is 8.07. The van der Waals surface area contributed by atoms with Crippen LogP contribution in [0.25, 0.3) is 23.0 Å². The van der Waals surface area contributed by atoms with Crippen LogP contribution in [0.5, 0.6) is 0 Å². The van der Waals surface area contributed by atoms with E-state index in [1.165, 1.54) is 0 Å². The van der Waals surface area contributed by atoms with Gasteiger partial charge in [0.25, 0.3) is 0 Å². The second kappa shape index (κ2) is 13.0. The predicted octanol–water partition coefficient (Wildman–Crippen LogP) is 5.77. The van der Waals surface area contributed by atoms with Gasteiger partial charge in [-0.1, -0.05) is 72.8 Å². The molecule has 0 saturated heterocycles. The number of rotatable bonds is 6. The molecule has 0 spiro atoms. The van der Waals surface area contributed by atoms with Crippen molar-refractivity contribution in [2.75, 3.05) is 0 Å². The molecule has 0 aliphatic heterocycles.